The van der Waals surface area contributed by atoms with Crippen molar-refractivity contribution in [1.82, 2.24) is 19.3 Å². The number of benzene rings is 4. The summed E-state index contributed by atoms with van der Waals surface area (Å²) < 4.78 is 11.0. The molecular weight excluding hydrogens is 743 g/mol. The molecule has 0 aliphatic heterocycles. The third-order valence-electron chi connectivity index (χ3n) is 9.95. The zero-order chi connectivity index (χ0) is 37.1. The first-order valence-corrected chi connectivity index (χ1v) is 18.5. The van der Waals surface area contributed by atoms with E-state index in [9.17, 15) is 0 Å². The number of hydrogen-bond donors (Lipinski definition) is 0. The number of rotatable bonds is 8. The minimum atomic E-state index is -0.137. The van der Waals surface area contributed by atoms with Gasteiger partial charge in [-0.3, -0.25) is 4.68 Å². The fraction of sp³-hybridized carbons (Fsp3) is 0.319. The first kappa shape index (κ1) is 38.2. The maximum atomic E-state index is 6.74. The topological polar surface area (TPSA) is 44.9 Å². The van der Waals surface area contributed by atoms with Crippen LogP contribution in [-0.4, -0.2) is 19.3 Å². The van der Waals surface area contributed by atoms with Crippen molar-refractivity contribution in [2.75, 3.05) is 0 Å². The summed E-state index contributed by atoms with van der Waals surface area (Å²) in [5.41, 5.74) is 13.6. The van der Waals surface area contributed by atoms with E-state index >= 15 is 0 Å². The average Bonchev–Trinajstić information content (AvgIpc) is 3.58. The van der Waals surface area contributed by atoms with Crippen molar-refractivity contribution in [3.63, 3.8) is 0 Å². The van der Waals surface area contributed by atoms with E-state index in [0.29, 0.717) is 17.4 Å². The average molecular weight is 793 g/mol. The maximum Gasteiger partial charge on any atom is 2.00 e. The predicted molar refractivity (Wildman–Crippen MR) is 216 cm³/mol. The van der Waals surface area contributed by atoms with E-state index in [2.05, 4.69) is 164 Å². The van der Waals surface area contributed by atoms with Crippen molar-refractivity contribution in [3.05, 3.63) is 130 Å². The van der Waals surface area contributed by atoms with Crippen LogP contribution in [0.4, 0.5) is 0 Å². The van der Waals surface area contributed by atoms with Gasteiger partial charge in [-0.15, -0.1) is 41.3 Å². The molecule has 7 rings (SSSR count). The molecule has 0 spiro atoms. The van der Waals surface area contributed by atoms with E-state index in [0.717, 1.165) is 51.0 Å². The van der Waals surface area contributed by atoms with Gasteiger partial charge in [0.2, 0.25) is 0 Å². The Hall–Kier alpha value is -4.50. The van der Waals surface area contributed by atoms with Gasteiger partial charge in [0, 0.05) is 28.8 Å². The second kappa shape index (κ2) is 14.7. The zero-order valence-corrected chi connectivity index (χ0v) is 34.4. The molecule has 0 amide bonds. The van der Waals surface area contributed by atoms with Crippen molar-refractivity contribution in [2.45, 2.75) is 93.9 Å². The van der Waals surface area contributed by atoms with Crippen LogP contribution in [0.5, 0.6) is 11.5 Å². The smallest absolute Gasteiger partial charge is 0.509 e. The molecule has 3 aromatic heterocycles. The molecule has 53 heavy (non-hydrogen) atoms. The number of fused-ring (bicyclic) bond motifs is 3. The number of pyridine rings is 1. The zero-order valence-electron chi connectivity index (χ0n) is 32.9. The summed E-state index contributed by atoms with van der Waals surface area (Å²) in [4.78, 5) is 4.84. The number of ether oxygens (including phenoxy) is 1. The van der Waals surface area contributed by atoms with Crippen molar-refractivity contribution < 1.29 is 25.2 Å². The second-order valence-corrected chi connectivity index (χ2v) is 16.2. The van der Waals surface area contributed by atoms with Gasteiger partial charge in [0.05, 0.1) is 11.4 Å². The van der Waals surface area contributed by atoms with Crippen LogP contribution in [0.2, 0.25) is 0 Å². The molecule has 5 nitrogen and oxygen atoms in total. The van der Waals surface area contributed by atoms with Gasteiger partial charge in [-0.2, -0.15) is 11.2 Å². The van der Waals surface area contributed by atoms with E-state index in [-0.39, 0.29) is 31.8 Å². The van der Waals surface area contributed by atoms with Gasteiger partial charge in [0.25, 0.3) is 0 Å². The van der Waals surface area contributed by atoms with E-state index in [4.69, 9.17) is 14.8 Å². The molecule has 0 saturated carbocycles. The van der Waals surface area contributed by atoms with Crippen LogP contribution in [0.3, 0.4) is 0 Å². The molecule has 0 fully saturated rings. The number of nitrogens with zero attached hydrogens (tertiary/aromatic N) is 4. The monoisotopic (exact) mass is 792 g/mol. The van der Waals surface area contributed by atoms with Gasteiger partial charge in [0.1, 0.15) is 5.82 Å². The molecule has 0 saturated heterocycles. The van der Waals surface area contributed by atoms with E-state index in [1.165, 1.54) is 39.1 Å². The molecular formula is C47H50N4OPd. The number of aromatic nitrogens is 4. The van der Waals surface area contributed by atoms with Crippen LogP contribution in [-0.2, 0) is 32.3 Å². The Labute approximate surface area is 329 Å². The Bertz CT molecular complexity index is 2430. The Kier molecular flexibility index (Phi) is 10.6. The van der Waals surface area contributed by atoms with Gasteiger partial charge in [-0.05, 0) is 103 Å². The standard InChI is InChI=1S/C47H50N4O.Pd/c1-28(2)20-34-18-19-48-43(23-34)50-41-15-13-12-14-39(41)40-17-16-37(27-42(40)50)52-38-25-35(47(9,10)11)24-36(26-38)51-46(29(3)4)45(33(8)49-51)44-31(6)21-30(5)22-32(44)7;/h12-19,21-25,28-29H,20H2,1-11H3;/q-2;+2. The molecule has 0 atom stereocenters. The molecule has 0 unspecified atom stereocenters. The van der Waals surface area contributed by atoms with Crippen molar-refractivity contribution >= 4 is 21.8 Å². The maximum absolute atomic E-state index is 6.74. The van der Waals surface area contributed by atoms with Gasteiger partial charge >= 0.3 is 20.4 Å². The summed E-state index contributed by atoms with van der Waals surface area (Å²) in [5, 5.41) is 7.47. The van der Waals surface area contributed by atoms with Gasteiger partial charge in [0.15, 0.2) is 0 Å². The quantitative estimate of drug-likeness (QED) is 0.114. The van der Waals surface area contributed by atoms with E-state index in [1.807, 2.05) is 12.3 Å². The Balaban J connectivity index is 0.00000481. The second-order valence-electron chi connectivity index (χ2n) is 16.2. The third kappa shape index (κ3) is 7.37. The van der Waals surface area contributed by atoms with Gasteiger partial charge in [-0.1, -0.05) is 89.9 Å². The molecule has 0 aliphatic carbocycles. The summed E-state index contributed by atoms with van der Waals surface area (Å²) in [6.45, 7) is 24.4. The SMILES string of the molecule is Cc1cc(C)c(-c2c(C)nn(-c3[c-]c(Oc4[c-]c5c(cc4)c4ccccc4n5-c4cc(CC(C)C)ccn4)cc(C(C)(C)C)c3)c2C(C)C)c(C)c1.[Pd+2]. The van der Waals surface area contributed by atoms with Crippen LogP contribution in [0, 0.1) is 45.7 Å². The molecule has 0 N–H and O–H groups in total. The predicted octanol–water partition coefficient (Wildman–Crippen LogP) is 12.3. The third-order valence-corrected chi connectivity index (χ3v) is 9.95. The molecule has 4 aromatic carbocycles. The van der Waals surface area contributed by atoms with Crippen LogP contribution in [0.25, 0.3) is 44.4 Å². The van der Waals surface area contributed by atoms with E-state index in [1.54, 1.807) is 0 Å². The van der Waals surface area contributed by atoms with Crippen molar-refractivity contribution in [2.24, 2.45) is 5.92 Å². The molecule has 3 heterocycles. The first-order chi connectivity index (χ1) is 24.7. The van der Waals surface area contributed by atoms with Crippen LogP contribution >= 0.6 is 0 Å². The Morgan fingerprint density at radius 1 is 0.774 bits per heavy atom. The van der Waals surface area contributed by atoms with Gasteiger partial charge in [-0.25, -0.2) is 4.98 Å². The molecule has 0 aliphatic rings. The molecule has 0 radical (unpaired) electrons. The minimum Gasteiger partial charge on any atom is -0.509 e. The van der Waals surface area contributed by atoms with Crippen LogP contribution < -0.4 is 4.74 Å². The summed E-state index contributed by atoms with van der Waals surface area (Å²) in [6, 6.07) is 33.1. The van der Waals surface area contributed by atoms with Crippen LogP contribution in [0.1, 0.15) is 93.6 Å². The number of para-hydroxylation sites is 1. The molecule has 6 heteroatoms. The molecule has 7 aromatic rings. The minimum absolute atomic E-state index is 0. The van der Waals surface area contributed by atoms with Gasteiger partial charge < -0.3 is 9.30 Å². The summed E-state index contributed by atoms with van der Waals surface area (Å²) in [7, 11) is 0. The van der Waals surface area contributed by atoms with Crippen molar-refractivity contribution in [1.29, 1.82) is 0 Å². The Morgan fingerprint density at radius 2 is 1.49 bits per heavy atom. The summed E-state index contributed by atoms with van der Waals surface area (Å²) in [5.74, 6) is 2.90. The largest absolute Gasteiger partial charge is 2.00 e. The first-order valence-electron chi connectivity index (χ1n) is 18.5. The van der Waals surface area contributed by atoms with Crippen LogP contribution in [0.15, 0.2) is 79.0 Å². The molecule has 274 valence electrons. The fourth-order valence-corrected chi connectivity index (χ4v) is 7.75. The van der Waals surface area contributed by atoms with Crippen molar-refractivity contribution in [3.8, 4) is 34.1 Å². The molecule has 0 bridgehead atoms. The summed E-state index contributed by atoms with van der Waals surface area (Å²) in [6.07, 6.45) is 2.91. The summed E-state index contributed by atoms with van der Waals surface area (Å²) >= 11 is 0. The normalized spacial score (nSPS) is 11.9. The van der Waals surface area contributed by atoms with E-state index < -0.39 is 0 Å². The number of aryl methyl sites for hydroxylation is 4. The Morgan fingerprint density at radius 3 is 2.17 bits per heavy atom. The number of hydrogen-bond acceptors (Lipinski definition) is 3. The fourth-order valence-electron chi connectivity index (χ4n) is 7.75.